The average molecular weight is 248 g/mol. The van der Waals surface area contributed by atoms with E-state index >= 15 is 0 Å². The quantitative estimate of drug-likeness (QED) is 0.759. The van der Waals surface area contributed by atoms with Gasteiger partial charge in [0.1, 0.15) is 0 Å². The molecule has 1 aliphatic rings. The van der Waals surface area contributed by atoms with Crippen molar-refractivity contribution in [1.82, 2.24) is 9.78 Å². The Balaban J connectivity index is 2.67. The highest BCUT2D eigenvalue weighted by Crippen LogP contribution is 2.43. The third kappa shape index (κ3) is 2.34. The lowest BCUT2D eigenvalue weighted by molar-refractivity contribution is 0.469. The maximum Gasteiger partial charge on any atom is 0.0662 e. The van der Waals surface area contributed by atoms with Crippen LogP contribution in [-0.2, 0) is 17.3 Å². The van der Waals surface area contributed by atoms with Crippen molar-refractivity contribution in [3.63, 3.8) is 0 Å². The maximum absolute atomic E-state index is 4.94. The van der Waals surface area contributed by atoms with Gasteiger partial charge in [0.05, 0.1) is 11.7 Å². The van der Waals surface area contributed by atoms with Gasteiger partial charge in [0, 0.05) is 16.7 Å². The first kappa shape index (κ1) is 13.6. The zero-order valence-corrected chi connectivity index (χ0v) is 13.1. The van der Waals surface area contributed by atoms with Gasteiger partial charge < -0.3 is 0 Å². The van der Waals surface area contributed by atoms with Crippen LogP contribution in [0.25, 0.3) is 0 Å². The first-order valence-corrected chi connectivity index (χ1v) is 7.28. The lowest BCUT2D eigenvalue weighted by Crippen LogP contribution is -2.24. The Morgan fingerprint density at radius 2 is 1.61 bits per heavy atom. The van der Waals surface area contributed by atoms with Crippen molar-refractivity contribution in [2.75, 3.05) is 0 Å². The Bertz CT molecular complexity index is 437. The molecule has 0 aliphatic heterocycles. The highest BCUT2D eigenvalue weighted by Gasteiger charge is 2.37. The van der Waals surface area contributed by atoms with Gasteiger partial charge in [0.15, 0.2) is 0 Å². The summed E-state index contributed by atoms with van der Waals surface area (Å²) in [5.74, 6) is 0. The number of nitrogens with zero attached hydrogens (tertiary/aromatic N) is 2. The molecule has 1 heterocycles. The largest absolute Gasteiger partial charge is 0.265 e. The van der Waals surface area contributed by atoms with Crippen LogP contribution in [0.2, 0.25) is 0 Å². The number of hydrogen-bond acceptors (Lipinski definition) is 1. The molecule has 0 aromatic carbocycles. The van der Waals surface area contributed by atoms with Gasteiger partial charge in [-0.25, -0.2) is 0 Å². The van der Waals surface area contributed by atoms with E-state index in [0.29, 0.717) is 6.04 Å². The molecule has 0 saturated heterocycles. The van der Waals surface area contributed by atoms with E-state index in [0.717, 1.165) is 6.42 Å². The molecule has 2 nitrogen and oxygen atoms in total. The van der Waals surface area contributed by atoms with Gasteiger partial charge in [0.2, 0.25) is 0 Å². The maximum atomic E-state index is 4.94. The standard InChI is InChI=1S/C16H28N2/c1-8-12-13(15(2,3)4)14(16(5,6)7)18(17-12)11-9-10-11/h11H,8-10H2,1-7H3. The van der Waals surface area contributed by atoms with E-state index in [-0.39, 0.29) is 10.8 Å². The summed E-state index contributed by atoms with van der Waals surface area (Å²) in [6, 6.07) is 0.667. The van der Waals surface area contributed by atoms with Crippen LogP contribution < -0.4 is 0 Å². The fourth-order valence-corrected chi connectivity index (χ4v) is 2.82. The summed E-state index contributed by atoms with van der Waals surface area (Å²) in [6.45, 7) is 16.1. The number of aromatic nitrogens is 2. The van der Waals surface area contributed by atoms with E-state index in [1.54, 1.807) is 0 Å². The Labute approximate surface area is 112 Å². The van der Waals surface area contributed by atoms with Gasteiger partial charge in [-0.1, -0.05) is 48.5 Å². The Hall–Kier alpha value is -0.790. The molecular weight excluding hydrogens is 220 g/mol. The summed E-state index contributed by atoms with van der Waals surface area (Å²) >= 11 is 0. The van der Waals surface area contributed by atoms with Gasteiger partial charge in [-0.3, -0.25) is 4.68 Å². The minimum Gasteiger partial charge on any atom is -0.265 e. The number of rotatable bonds is 2. The topological polar surface area (TPSA) is 17.8 Å². The summed E-state index contributed by atoms with van der Waals surface area (Å²) < 4.78 is 2.35. The van der Waals surface area contributed by atoms with Crippen molar-refractivity contribution < 1.29 is 0 Å². The number of hydrogen-bond donors (Lipinski definition) is 0. The molecule has 2 heteroatoms. The molecule has 18 heavy (non-hydrogen) atoms. The van der Waals surface area contributed by atoms with Crippen LogP contribution in [0.4, 0.5) is 0 Å². The van der Waals surface area contributed by atoms with Crippen LogP contribution in [0.5, 0.6) is 0 Å². The normalized spacial score (nSPS) is 17.3. The monoisotopic (exact) mass is 248 g/mol. The lowest BCUT2D eigenvalue weighted by atomic mass is 9.77. The van der Waals surface area contributed by atoms with Crippen molar-refractivity contribution in [3.05, 3.63) is 17.0 Å². The summed E-state index contributed by atoms with van der Waals surface area (Å²) in [5, 5.41) is 4.94. The Morgan fingerprint density at radius 1 is 1.06 bits per heavy atom. The van der Waals surface area contributed by atoms with E-state index in [4.69, 9.17) is 5.10 Å². The highest BCUT2D eigenvalue weighted by molar-refractivity contribution is 5.38. The van der Waals surface area contributed by atoms with Crippen molar-refractivity contribution >= 4 is 0 Å². The second-order valence-corrected chi connectivity index (χ2v) is 7.70. The Morgan fingerprint density at radius 3 is 1.94 bits per heavy atom. The fourth-order valence-electron chi connectivity index (χ4n) is 2.82. The van der Waals surface area contributed by atoms with E-state index in [2.05, 4.69) is 53.1 Å². The molecule has 2 rings (SSSR count). The van der Waals surface area contributed by atoms with E-state index in [9.17, 15) is 0 Å². The second kappa shape index (κ2) is 4.11. The van der Waals surface area contributed by atoms with Crippen LogP contribution >= 0.6 is 0 Å². The van der Waals surface area contributed by atoms with Crippen LogP contribution in [0.3, 0.4) is 0 Å². The molecular formula is C16H28N2. The van der Waals surface area contributed by atoms with Crippen molar-refractivity contribution in [3.8, 4) is 0 Å². The molecule has 1 aliphatic carbocycles. The first-order valence-electron chi connectivity index (χ1n) is 7.28. The smallest absolute Gasteiger partial charge is 0.0662 e. The average Bonchev–Trinajstić information content (AvgIpc) is 2.94. The number of aryl methyl sites for hydroxylation is 1. The Kier molecular flexibility index (Phi) is 3.11. The zero-order chi connectivity index (χ0) is 13.7. The molecule has 102 valence electrons. The first-order chi connectivity index (χ1) is 8.16. The van der Waals surface area contributed by atoms with Gasteiger partial charge in [-0.2, -0.15) is 5.10 Å². The summed E-state index contributed by atoms with van der Waals surface area (Å²) in [6.07, 6.45) is 3.64. The summed E-state index contributed by atoms with van der Waals surface area (Å²) in [7, 11) is 0. The van der Waals surface area contributed by atoms with Gasteiger partial charge >= 0.3 is 0 Å². The molecule has 1 fully saturated rings. The third-order valence-corrected chi connectivity index (χ3v) is 3.67. The highest BCUT2D eigenvalue weighted by atomic mass is 15.3. The molecule has 0 bridgehead atoms. The molecule has 0 unspecified atom stereocenters. The van der Waals surface area contributed by atoms with Crippen LogP contribution in [0.15, 0.2) is 0 Å². The van der Waals surface area contributed by atoms with Crippen molar-refractivity contribution in [2.24, 2.45) is 0 Å². The van der Waals surface area contributed by atoms with Gasteiger partial charge in [-0.15, -0.1) is 0 Å². The lowest BCUT2D eigenvalue weighted by Gasteiger charge is -2.28. The van der Waals surface area contributed by atoms with Gasteiger partial charge in [-0.05, 0) is 24.7 Å². The summed E-state index contributed by atoms with van der Waals surface area (Å²) in [5.41, 5.74) is 4.62. The van der Waals surface area contributed by atoms with Crippen LogP contribution in [0.1, 0.15) is 84.3 Å². The molecule has 0 atom stereocenters. The minimum atomic E-state index is 0.172. The molecule has 0 amide bonds. The minimum absolute atomic E-state index is 0.172. The predicted molar refractivity (Wildman–Crippen MR) is 77.3 cm³/mol. The van der Waals surface area contributed by atoms with Crippen molar-refractivity contribution in [1.29, 1.82) is 0 Å². The van der Waals surface area contributed by atoms with E-state index < -0.39 is 0 Å². The molecule has 1 saturated carbocycles. The molecule has 0 radical (unpaired) electrons. The second-order valence-electron chi connectivity index (χ2n) is 7.70. The third-order valence-electron chi connectivity index (χ3n) is 3.67. The molecule has 0 N–H and O–H groups in total. The fraction of sp³-hybridized carbons (Fsp3) is 0.812. The molecule has 1 aromatic heterocycles. The van der Waals surface area contributed by atoms with Crippen LogP contribution in [0, 0.1) is 0 Å². The van der Waals surface area contributed by atoms with Crippen LogP contribution in [-0.4, -0.2) is 9.78 Å². The van der Waals surface area contributed by atoms with Crippen molar-refractivity contribution in [2.45, 2.75) is 84.6 Å². The SMILES string of the molecule is CCc1nn(C2CC2)c(C(C)(C)C)c1C(C)(C)C. The zero-order valence-electron chi connectivity index (χ0n) is 13.1. The van der Waals surface area contributed by atoms with E-state index in [1.807, 2.05) is 0 Å². The molecule has 0 spiro atoms. The van der Waals surface area contributed by atoms with Gasteiger partial charge in [0.25, 0.3) is 0 Å². The van der Waals surface area contributed by atoms with E-state index in [1.165, 1.54) is 29.8 Å². The molecule has 1 aromatic rings. The predicted octanol–water partition coefficient (Wildman–Crippen LogP) is 4.38. The summed E-state index contributed by atoms with van der Waals surface area (Å²) in [4.78, 5) is 0.